The number of piperidine rings is 1. The van der Waals surface area contributed by atoms with Crippen molar-refractivity contribution in [3.63, 3.8) is 0 Å². The lowest BCUT2D eigenvalue weighted by Gasteiger charge is -2.41. The molecule has 0 aliphatic carbocycles. The summed E-state index contributed by atoms with van der Waals surface area (Å²) >= 11 is 0. The highest BCUT2D eigenvalue weighted by Gasteiger charge is 2.31. The highest BCUT2D eigenvalue weighted by Crippen LogP contribution is 2.30. The fraction of sp³-hybridized carbons (Fsp3) is 1.00. The fourth-order valence-corrected chi connectivity index (χ4v) is 3.67. The molecular formula is C15H30N2. The van der Waals surface area contributed by atoms with Crippen LogP contribution >= 0.6 is 0 Å². The maximum atomic E-state index is 3.51. The summed E-state index contributed by atoms with van der Waals surface area (Å²) in [6.07, 6.45) is 9.90. The average molecular weight is 238 g/mol. The molecule has 0 amide bonds. The van der Waals surface area contributed by atoms with Crippen LogP contribution in [-0.4, -0.2) is 36.6 Å². The van der Waals surface area contributed by atoms with Crippen LogP contribution in [0.25, 0.3) is 0 Å². The van der Waals surface area contributed by atoms with Crippen molar-refractivity contribution in [2.45, 2.75) is 70.9 Å². The number of hydrogen-bond donors (Lipinski definition) is 1. The van der Waals surface area contributed by atoms with Gasteiger partial charge in [0.2, 0.25) is 0 Å². The van der Waals surface area contributed by atoms with Gasteiger partial charge in [-0.2, -0.15) is 0 Å². The number of nitrogens with zero attached hydrogens (tertiary/aromatic N) is 1. The summed E-state index contributed by atoms with van der Waals surface area (Å²) in [5, 5.41) is 3.51. The Morgan fingerprint density at radius 3 is 2.59 bits per heavy atom. The van der Waals surface area contributed by atoms with E-state index in [2.05, 4.69) is 24.1 Å². The molecule has 0 aromatic rings. The normalized spacial score (nSPS) is 31.1. The lowest BCUT2D eigenvalue weighted by Crippen LogP contribution is -2.47. The van der Waals surface area contributed by atoms with E-state index in [0.717, 1.165) is 18.0 Å². The van der Waals surface area contributed by atoms with Gasteiger partial charge in [0.05, 0.1) is 0 Å². The summed E-state index contributed by atoms with van der Waals surface area (Å²) in [4.78, 5) is 2.85. The van der Waals surface area contributed by atoms with Gasteiger partial charge < -0.3 is 5.32 Å². The number of likely N-dealkylation sites (tertiary alicyclic amines) is 1. The van der Waals surface area contributed by atoms with E-state index in [4.69, 9.17) is 0 Å². The van der Waals surface area contributed by atoms with Crippen LogP contribution < -0.4 is 5.32 Å². The second-order valence-electron chi connectivity index (χ2n) is 6.00. The molecule has 2 aliphatic rings. The predicted molar refractivity (Wildman–Crippen MR) is 74.3 cm³/mol. The first kappa shape index (κ1) is 13.4. The molecule has 2 heterocycles. The Hall–Kier alpha value is -0.0800. The Labute approximate surface area is 107 Å². The first-order valence-electron chi connectivity index (χ1n) is 7.79. The minimum atomic E-state index is 0.785. The largest absolute Gasteiger partial charge is 0.317 e. The van der Waals surface area contributed by atoms with Crippen LogP contribution in [-0.2, 0) is 0 Å². The van der Waals surface area contributed by atoms with E-state index in [1.165, 1.54) is 64.6 Å². The molecule has 2 fully saturated rings. The number of rotatable bonds is 3. The van der Waals surface area contributed by atoms with Crippen molar-refractivity contribution in [1.82, 2.24) is 10.2 Å². The molecule has 2 nitrogen and oxygen atoms in total. The molecule has 2 heteroatoms. The minimum Gasteiger partial charge on any atom is -0.317 e. The van der Waals surface area contributed by atoms with Gasteiger partial charge in [-0.1, -0.05) is 19.8 Å². The molecule has 1 N–H and O–H groups in total. The number of hydrogen-bond acceptors (Lipinski definition) is 2. The van der Waals surface area contributed by atoms with Gasteiger partial charge in [-0.15, -0.1) is 0 Å². The standard InChI is InChI=1S/C15H30N2/c1-3-13(2)17-12-6-4-5-7-15(17)14-8-10-16-11-9-14/h13-16H,3-12H2,1-2H3. The SMILES string of the molecule is CCC(C)N1CCCCCC1C1CCNCC1. The topological polar surface area (TPSA) is 15.3 Å². The molecule has 2 unspecified atom stereocenters. The predicted octanol–water partition coefficient (Wildman–Crippen LogP) is 3.03. The zero-order chi connectivity index (χ0) is 12.1. The molecule has 0 spiro atoms. The second kappa shape index (κ2) is 6.75. The van der Waals surface area contributed by atoms with E-state index in [-0.39, 0.29) is 0 Å². The lowest BCUT2D eigenvalue weighted by molar-refractivity contribution is 0.0840. The van der Waals surface area contributed by atoms with Crippen LogP contribution in [0.2, 0.25) is 0 Å². The Balaban J connectivity index is 2.02. The molecule has 0 aromatic heterocycles. The third-order valence-corrected chi connectivity index (χ3v) is 4.93. The van der Waals surface area contributed by atoms with Crippen LogP contribution in [0.3, 0.4) is 0 Å². The molecule has 0 bridgehead atoms. The molecule has 2 aliphatic heterocycles. The quantitative estimate of drug-likeness (QED) is 0.813. The van der Waals surface area contributed by atoms with E-state index in [9.17, 15) is 0 Å². The Bertz CT molecular complexity index is 211. The minimum absolute atomic E-state index is 0.785. The zero-order valence-electron chi connectivity index (χ0n) is 11.8. The molecule has 17 heavy (non-hydrogen) atoms. The molecule has 2 saturated heterocycles. The van der Waals surface area contributed by atoms with E-state index in [1.807, 2.05) is 0 Å². The Morgan fingerprint density at radius 2 is 1.88 bits per heavy atom. The van der Waals surface area contributed by atoms with Crippen molar-refractivity contribution in [2.75, 3.05) is 19.6 Å². The van der Waals surface area contributed by atoms with Crippen LogP contribution in [0.1, 0.15) is 58.8 Å². The van der Waals surface area contributed by atoms with Crippen molar-refractivity contribution in [3.05, 3.63) is 0 Å². The van der Waals surface area contributed by atoms with Crippen LogP contribution in [0, 0.1) is 5.92 Å². The second-order valence-corrected chi connectivity index (χ2v) is 6.00. The van der Waals surface area contributed by atoms with Crippen molar-refractivity contribution in [3.8, 4) is 0 Å². The van der Waals surface area contributed by atoms with Crippen molar-refractivity contribution in [2.24, 2.45) is 5.92 Å². The summed E-state index contributed by atoms with van der Waals surface area (Å²) in [5.41, 5.74) is 0. The Morgan fingerprint density at radius 1 is 1.12 bits per heavy atom. The summed E-state index contributed by atoms with van der Waals surface area (Å²) in [6.45, 7) is 8.61. The van der Waals surface area contributed by atoms with Crippen LogP contribution in [0.15, 0.2) is 0 Å². The smallest absolute Gasteiger partial charge is 0.0127 e. The zero-order valence-corrected chi connectivity index (χ0v) is 11.8. The third kappa shape index (κ3) is 3.45. The van der Waals surface area contributed by atoms with E-state index < -0.39 is 0 Å². The summed E-state index contributed by atoms with van der Waals surface area (Å²) in [7, 11) is 0. The molecule has 0 saturated carbocycles. The van der Waals surface area contributed by atoms with E-state index >= 15 is 0 Å². The molecule has 0 radical (unpaired) electrons. The van der Waals surface area contributed by atoms with Gasteiger partial charge in [0.1, 0.15) is 0 Å². The summed E-state index contributed by atoms with van der Waals surface area (Å²) in [5.74, 6) is 0.961. The van der Waals surface area contributed by atoms with Gasteiger partial charge >= 0.3 is 0 Å². The molecule has 0 aromatic carbocycles. The lowest BCUT2D eigenvalue weighted by atomic mass is 9.86. The van der Waals surface area contributed by atoms with Crippen molar-refractivity contribution in [1.29, 1.82) is 0 Å². The maximum absolute atomic E-state index is 3.51. The highest BCUT2D eigenvalue weighted by atomic mass is 15.2. The molecule has 2 rings (SSSR count). The number of nitrogens with one attached hydrogen (secondary N) is 1. The van der Waals surface area contributed by atoms with Gasteiger partial charge in [-0.3, -0.25) is 4.90 Å². The van der Waals surface area contributed by atoms with Crippen molar-refractivity contribution < 1.29 is 0 Å². The van der Waals surface area contributed by atoms with Crippen LogP contribution in [0.4, 0.5) is 0 Å². The molecule has 2 atom stereocenters. The fourth-order valence-electron chi connectivity index (χ4n) is 3.67. The molecular weight excluding hydrogens is 208 g/mol. The maximum Gasteiger partial charge on any atom is 0.0127 e. The first-order valence-corrected chi connectivity index (χ1v) is 7.79. The Kier molecular flexibility index (Phi) is 5.30. The van der Waals surface area contributed by atoms with Gasteiger partial charge in [-0.25, -0.2) is 0 Å². The molecule has 100 valence electrons. The van der Waals surface area contributed by atoms with Gasteiger partial charge in [0.15, 0.2) is 0 Å². The van der Waals surface area contributed by atoms with Gasteiger partial charge in [0, 0.05) is 12.1 Å². The first-order chi connectivity index (χ1) is 8.33. The van der Waals surface area contributed by atoms with Crippen LogP contribution in [0.5, 0.6) is 0 Å². The average Bonchev–Trinajstić information content (AvgIpc) is 2.64. The monoisotopic (exact) mass is 238 g/mol. The van der Waals surface area contributed by atoms with Gasteiger partial charge in [0.25, 0.3) is 0 Å². The third-order valence-electron chi connectivity index (χ3n) is 4.93. The summed E-state index contributed by atoms with van der Waals surface area (Å²) in [6, 6.07) is 1.67. The van der Waals surface area contributed by atoms with Crippen molar-refractivity contribution >= 4 is 0 Å². The highest BCUT2D eigenvalue weighted by molar-refractivity contribution is 4.86. The summed E-state index contributed by atoms with van der Waals surface area (Å²) < 4.78 is 0. The van der Waals surface area contributed by atoms with E-state index in [0.29, 0.717) is 0 Å². The van der Waals surface area contributed by atoms with E-state index in [1.54, 1.807) is 0 Å². The van der Waals surface area contributed by atoms with Gasteiger partial charge in [-0.05, 0) is 64.6 Å².